The van der Waals surface area contributed by atoms with Crippen LogP contribution in [0.25, 0.3) is 10.9 Å². The van der Waals surface area contributed by atoms with Crippen molar-refractivity contribution >= 4 is 22.6 Å². The van der Waals surface area contributed by atoms with Crippen LogP contribution in [0.15, 0.2) is 59.4 Å². The van der Waals surface area contributed by atoms with Gasteiger partial charge in [-0.1, -0.05) is 35.9 Å². The summed E-state index contributed by atoms with van der Waals surface area (Å²) in [7, 11) is 1.74. The minimum atomic E-state index is -0.0876. The first-order valence-corrected chi connectivity index (χ1v) is 9.21. The number of likely N-dealkylation sites (tertiary alicyclic amines) is 1. The van der Waals surface area contributed by atoms with Crippen LogP contribution in [0.3, 0.4) is 0 Å². The molecule has 3 aromatic rings. The second kappa shape index (κ2) is 6.91. The molecule has 1 fully saturated rings. The maximum absolute atomic E-state index is 12.5. The number of aromatic nitrogens is 1. The predicted molar refractivity (Wildman–Crippen MR) is 108 cm³/mol. The topological polar surface area (TPSA) is 54.3 Å². The number of hydrogen-bond donors (Lipinski definition) is 1. The molecule has 27 heavy (non-hydrogen) atoms. The number of pyridine rings is 1. The number of benzene rings is 2. The van der Waals surface area contributed by atoms with Crippen LogP contribution >= 0.6 is 0 Å². The van der Waals surface area contributed by atoms with E-state index in [0.29, 0.717) is 11.6 Å². The van der Waals surface area contributed by atoms with Crippen molar-refractivity contribution in [1.82, 2.24) is 9.47 Å². The molecule has 1 aromatic heterocycles. The second-order valence-corrected chi connectivity index (χ2v) is 7.40. The van der Waals surface area contributed by atoms with Gasteiger partial charge in [-0.15, -0.1) is 0 Å². The summed E-state index contributed by atoms with van der Waals surface area (Å²) in [5.41, 5.74) is 4.03. The first-order valence-electron chi connectivity index (χ1n) is 9.21. The van der Waals surface area contributed by atoms with Crippen molar-refractivity contribution in [3.8, 4) is 0 Å². The number of nitrogens with one attached hydrogen (secondary N) is 1. The lowest BCUT2D eigenvalue weighted by Crippen LogP contribution is -2.52. The first-order chi connectivity index (χ1) is 13.0. The highest BCUT2D eigenvalue weighted by Gasteiger charge is 2.30. The third-order valence-corrected chi connectivity index (χ3v) is 5.27. The molecule has 1 saturated heterocycles. The van der Waals surface area contributed by atoms with Gasteiger partial charge in [0.1, 0.15) is 0 Å². The molecule has 0 radical (unpaired) electrons. The number of rotatable bonds is 3. The van der Waals surface area contributed by atoms with Crippen LogP contribution in [-0.4, -0.2) is 28.6 Å². The van der Waals surface area contributed by atoms with Gasteiger partial charge in [-0.2, -0.15) is 0 Å². The average molecular weight is 361 g/mol. The van der Waals surface area contributed by atoms with Crippen molar-refractivity contribution < 1.29 is 4.79 Å². The molecule has 0 atom stereocenters. The van der Waals surface area contributed by atoms with Crippen molar-refractivity contribution in [3.63, 3.8) is 0 Å². The zero-order chi connectivity index (χ0) is 19.0. The van der Waals surface area contributed by atoms with Gasteiger partial charge in [0.05, 0.1) is 5.52 Å². The van der Waals surface area contributed by atoms with Crippen LogP contribution in [0.5, 0.6) is 0 Å². The highest BCUT2D eigenvalue weighted by molar-refractivity contribution is 5.93. The monoisotopic (exact) mass is 361 g/mol. The van der Waals surface area contributed by atoms with E-state index < -0.39 is 0 Å². The Hall–Kier alpha value is -3.08. The van der Waals surface area contributed by atoms with Gasteiger partial charge in [0.25, 0.3) is 5.56 Å². The standard InChI is InChI=1S/C22H23N3O2/c1-15-3-5-16(6-4-15)11-17-13-25(14-17)22(27)23-19-9-7-18-8-10-21(26)24(2)20(18)12-19/h3-10,12,17H,11,13-14H2,1-2H3,(H,23,27). The molecule has 2 amide bonds. The number of carbonyl (C=O) groups excluding carboxylic acids is 1. The molecule has 0 unspecified atom stereocenters. The Kier molecular flexibility index (Phi) is 4.44. The van der Waals surface area contributed by atoms with Gasteiger partial charge >= 0.3 is 6.03 Å². The number of aryl methyl sites for hydroxylation is 2. The summed E-state index contributed by atoms with van der Waals surface area (Å²) in [5, 5.41) is 3.92. The van der Waals surface area contributed by atoms with Gasteiger partial charge in [0.15, 0.2) is 0 Å². The number of urea groups is 1. The lowest BCUT2D eigenvalue weighted by molar-refractivity contribution is 0.131. The predicted octanol–water partition coefficient (Wildman–Crippen LogP) is 3.55. The van der Waals surface area contributed by atoms with Crippen LogP contribution < -0.4 is 10.9 Å². The van der Waals surface area contributed by atoms with Crippen molar-refractivity contribution in [3.05, 3.63) is 76.1 Å². The van der Waals surface area contributed by atoms with E-state index in [-0.39, 0.29) is 11.6 Å². The fourth-order valence-electron chi connectivity index (χ4n) is 3.57. The van der Waals surface area contributed by atoms with Crippen molar-refractivity contribution in [1.29, 1.82) is 0 Å². The zero-order valence-corrected chi connectivity index (χ0v) is 15.6. The van der Waals surface area contributed by atoms with E-state index in [2.05, 4.69) is 36.5 Å². The van der Waals surface area contributed by atoms with Crippen LogP contribution in [0.4, 0.5) is 10.5 Å². The quantitative estimate of drug-likeness (QED) is 0.776. The molecule has 0 aliphatic carbocycles. The van der Waals surface area contributed by atoms with E-state index in [9.17, 15) is 9.59 Å². The molecule has 0 spiro atoms. The number of fused-ring (bicyclic) bond motifs is 1. The highest BCUT2D eigenvalue weighted by atomic mass is 16.2. The van der Waals surface area contributed by atoms with Crippen molar-refractivity contribution in [2.24, 2.45) is 13.0 Å². The van der Waals surface area contributed by atoms with Gasteiger partial charge in [-0.05, 0) is 48.4 Å². The van der Waals surface area contributed by atoms with Gasteiger partial charge in [-0.3, -0.25) is 4.79 Å². The lowest BCUT2D eigenvalue weighted by Gasteiger charge is -2.39. The van der Waals surface area contributed by atoms with Crippen LogP contribution in [-0.2, 0) is 13.5 Å². The van der Waals surface area contributed by atoms with Crippen molar-refractivity contribution in [2.45, 2.75) is 13.3 Å². The summed E-state index contributed by atoms with van der Waals surface area (Å²) >= 11 is 0. The second-order valence-electron chi connectivity index (χ2n) is 7.40. The summed E-state index contributed by atoms with van der Waals surface area (Å²) in [4.78, 5) is 26.1. The Labute approximate surface area is 158 Å². The van der Waals surface area contributed by atoms with Gasteiger partial charge in [-0.25, -0.2) is 4.79 Å². The Morgan fingerprint density at radius 2 is 1.78 bits per heavy atom. The summed E-state index contributed by atoms with van der Waals surface area (Å²) in [6, 6.07) is 17.5. The number of hydrogen-bond acceptors (Lipinski definition) is 2. The van der Waals surface area contributed by atoms with E-state index in [4.69, 9.17) is 0 Å². The normalized spacial score (nSPS) is 14.2. The number of anilines is 1. The third-order valence-electron chi connectivity index (χ3n) is 5.27. The molecule has 0 saturated carbocycles. The minimum Gasteiger partial charge on any atom is -0.324 e. The maximum atomic E-state index is 12.5. The van der Waals surface area contributed by atoms with Gasteiger partial charge < -0.3 is 14.8 Å². The van der Waals surface area contributed by atoms with Crippen LogP contribution in [0, 0.1) is 12.8 Å². The summed E-state index contributed by atoms with van der Waals surface area (Å²) < 4.78 is 1.59. The average Bonchev–Trinajstić information content (AvgIpc) is 2.62. The van der Waals surface area contributed by atoms with Gasteiger partial charge in [0, 0.05) is 31.9 Å². The van der Waals surface area contributed by atoms with Crippen LogP contribution in [0.2, 0.25) is 0 Å². The fourth-order valence-corrected chi connectivity index (χ4v) is 3.57. The minimum absolute atomic E-state index is 0.0623. The molecule has 5 heteroatoms. The molecule has 1 aliphatic heterocycles. The molecular weight excluding hydrogens is 338 g/mol. The summed E-state index contributed by atoms with van der Waals surface area (Å²) in [6.45, 7) is 3.63. The van der Waals surface area contributed by atoms with E-state index in [1.807, 2.05) is 23.1 Å². The smallest absolute Gasteiger partial charge is 0.321 e. The fraction of sp³-hybridized carbons (Fsp3) is 0.273. The largest absolute Gasteiger partial charge is 0.324 e. The number of amides is 2. The maximum Gasteiger partial charge on any atom is 0.321 e. The van der Waals surface area contributed by atoms with E-state index in [0.717, 1.165) is 30.4 Å². The summed E-state index contributed by atoms with van der Waals surface area (Å²) in [6.07, 6.45) is 1.00. The molecule has 1 aliphatic rings. The Morgan fingerprint density at radius 3 is 2.52 bits per heavy atom. The zero-order valence-electron chi connectivity index (χ0n) is 15.6. The molecular formula is C22H23N3O2. The van der Waals surface area contributed by atoms with E-state index in [1.54, 1.807) is 23.7 Å². The summed E-state index contributed by atoms with van der Waals surface area (Å²) in [5.74, 6) is 0.510. The molecule has 2 aromatic carbocycles. The van der Waals surface area contributed by atoms with Gasteiger partial charge in [0.2, 0.25) is 0 Å². The molecule has 0 bridgehead atoms. The molecule has 2 heterocycles. The van der Waals surface area contributed by atoms with E-state index >= 15 is 0 Å². The molecule has 1 N–H and O–H groups in total. The Balaban J connectivity index is 1.37. The third kappa shape index (κ3) is 3.58. The first kappa shape index (κ1) is 17.3. The SMILES string of the molecule is Cc1ccc(CC2CN(C(=O)Nc3ccc4ccc(=O)n(C)c4c3)C2)cc1. The lowest BCUT2D eigenvalue weighted by atomic mass is 9.92. The molecule has 5 nitrogen and oxygen atoms in total. The highest BCUT2D eigenvalue weighted by Crippen LogP contribution is 2.23. The molecule has 4 rings (SSSR count). The molecule has 138 valence electrons. The Bertz CT molecular complexity index is 1050. The van der Waals surface area contributed by atoms with Crippen molar-refractivity contribution in [2.75, 3.05) is 18.4 Å². The number of nitrogens with zero attached hydrogens (tertiary/aromatic N) is 2. The number of carbonyl (C=O) groups is 1. The van der Waals surface area contributed by atoms with E-state index in [1.165, 1.54) is 11.1 Å². The van der Waals surface area contributed by atoms with Crippen LogP contribution in [0.1, 0.15) is 11.1 Å². The Morgan fingerprint density at radius 1 is 1.07 bits per heavy atom.